The van der Waals surface area contributed by atoms with Gasteiger partial charge < -0.3 is 10.2 Å². The molecule has 19 heavy (non-hydrogen) atoms. The van der Waals surface area contributed by atoms with Crippen LogP contribution in [0.15, 0.2) is 6.20 Å². The third-order valence-corrected chi connectivity index (χ3v) is 3.18. The summed E-state index contributed by atoms with van der Waals surface area (Å²) in [5.74, 6) is -0.214. The molecule has 1 aromatic rings. The van der Waals surface area contributed by atoms with E-state index in [1.54, 1.807) is 6.20 Å². The largest absolute Gasteiger partial charge is 0.312 e. The summed E-state index contributed by atoms with van der Waals surface area (Å²) >= 11 is 0. The molecule has 0 aliphatic carbocycles. The van der Waals surface area contributed by atoms with Crippen LogP contribution < -0.4 is 5.32 Å². The predicted molar refractivity (Wildman–Crippen MR) is 79.2 cm³/mol. The van der Waals surface area contributed by atoms with Gasteiger partial charge in [0.1, 0.15) is 0 Å². The third-order valence-electron chi connectivity index (χ3n) is 3.18. The lowest BCUT2D eigenvalue weighted by atomic mass is 10.3. The van der Waals surface area contributed by atoms with Crippen LogP contribution in [0.5, 0.6) is 0 Å². The summed E-state index contributed by atoms with van der Waals surface area (Å²) in [6.45, 7) is 11.6. The van der Waals surface area contributed by atoms with E-state index in [4.69, 9.17) is 0 Å². The van der Waals surface area contributed by atoms with Crippen molar-refractivity contribution in [2.45, 2.75) is 40.3 Å². The molecule has 0 bridgehead atoms. The van der Waals surface area contributed by atoms with E-state index in [0.29, 0.717) is 18.7 Å². The van der Waals surface area contributed by atoms with Crippen molar-refractivity contribution in [3.8, 4) is 0 Å². The van der Waals surface area contributed by atoms with Gasteiger partial charge in [0.15, 0.2) is 0 Å². The van der Waals surface area contributed by atoms with Crippen molar-refractivity contribution in [2.75, 3.05) is 26.2 Å². The molecule has 6 heteroatoms. The Hall–Kier alpha value is -0.650. The van der Waals surface area contributed by atoms with Crippen LogP contribution in [-0.4, -0.2) is 40.9 Å². The topological polar surface area (TPSA) is 33.1 Å². The normalized spacial score (nSPS) is 10.8. The van der Waals surface area contributed by atoms with Gasteiger partial charge in [-0.2, -0.15) is 9.49 Å². The Balaban J connectivity index is 0.00000324. The molecule has 0 aliphatic heterocycles. The van der Waals surface area contributed by atoms with Gasteiger partial charge in [0.05, 0.1) is 6.20 Å². The second kappa shape index (κ2) is 10.2. The molecule has 0 unspecified atom stereocenters. The molecule has 0 aliphatic rings. The Bertz CT molecular complexity index is 339. The molecule has 0 saturated heterocycles. The Morgan fingerprint density at radius 3 is 2.53 bits per heavy atom. The summed E-state index contributed by atoms with van der Waals surface area (Å²) in [6.07, 6.45) is 2.70. The van der Waals surface area contributed by atoms with Crippen LogP contribution in [0.3, 0.4) is 0 Å². The predicted octanol–water partition coefficient (Wildman–Crippen LogP) is 2.29. The molecule has 1 heterocycles. The van der Waals surface area contributed by atoms with Crippen LogP contribution in [-0.2, 0) is 13.1 Å². The van der Waals surface area contributed by atoms with Crippen LogP contribution >= 0.6 is 12.4 Å². The monoisotopic (exact) mass is 292 g/mol. The zero-order chi connectivity index (χ0) is 13.4. The van der Waals surface area contributed by atoms with E-state index in [2.05, 4.69) is 29.2 Å². The summed E-state index contributed by atoms with van der Waals surface area (Å²) in [7, 11) is 0. The van der Waals surface area contributed by atoms with E-state index >= 15 is 0 Å². The maximum Gasteiger partial charge on any atom is 0.215 e. The van der Waals surface area contributed by atoms with E-state index < -0.39 is 0 Å². The zero-order valence-corrected chi connectivity index (χ0v) is 13.0. The number of aromatic nitrogens is 2. The molecule has 0 amide bonds. The number of aryl methyl sites for hydroxylation is 1. The summed E-state index contributed by atoms with van der Waals surface area (Å²) < 4.78 is 15.0. The zero-order valence-electron chi connectivity index (χ0n) is 12.2. The lowest BCUT2D eigenvalue weighted by Crippen LogP contribution is -2.27. The molecule has 0 fully saturated rings. The molecule has 0 spiro atoms. The number of rotatable bonds is 9. The minimum absolute atomic E-state index is 0. The van der Waals surface area contributed by atoms with Gasteiger partial charge >= 0.3 is 0 Å². The lowest BCUT2D eigenvalue weighted by Gasteiger charge is -2.17. The highest BCUT2D eigenvalue weighted by atomic mass is 35.5. The van der Waals surface area contributed by atoms with Crippen molar-refractivity contribution < 1.29 is 4.39 Å². The third kappa shape index (κ3) is 5.89. The van der Waals surface area contributed by atoms with Gasteiger partial charge in [-0.1, -0.05) is 13.8 Å². The van der Waals surface area contributed by atoms with Gasteiger partial charge in [0.25, 0.3) is 0 Å². The minimum Gasteiger partial charge on any atom is -0.312 e. The van der Waals surface area contributed by atoms with Crippen LogP contribution in [0.25, 0.3) is 0 Å². The maximum absolute atomic E-state index is 13.6. The van der Waals surface area contributed by atoms with Gasteiger partial charge in [0, 0.05) is 18.7 Å². The number of halogens is 2. The average Bonchev–Trinajstić information content (AvgIpc) is 2.75. The number of nitrogens with one attached hydrogen (secondary N) is 1. The Labute approximate surface area is 121 Å². The molecular formula is C13H26ClFN4. The smallest absolute Gasteiger partial charge is 0.215 e. The number of hydrogen-bond donors (Lipinski definition) is 1. The fraction of sp³-hybridized carbons (Fsp3) is 0.769. The van der Waals surface area contributed by atoms with Gasteiger partial charge in [-0.05, 0) is 39.5 Å². The first-order valence-electron chi connectivity index (χ1n) is 6.86. The fourth-order valence-electron chi connectivity index (χ4n) is 1.94. The van der Waals surface area contributed by atoms with E-state index in [0.717, 1.165) is 32.6 Å². The maximum atomic E-state index is 13.6. The SMILES string of the molecule is CCN(CC)CCCNCc1cnn(CC)c1F.Cl. The first kappa shape index (κ1) is 18.4. The fourth-order valence-corrected chi connectivity index (χ4v) is 1.94. The molecule has 0 aromatic carbocycles. The van der Waals surface area contributed by atoms with Crippen molar-refractivity contribution in [2.24, 2.45) is 0 Å². The van der Waals surface area contributed by atoms with E-state index in [-0.39, 0.29) is 18.4 Å². The van der Waals surface area contributed by atoms with E-state index in [1.165, 1.54) is 4.68 Å². The van der Waals surface area contributed by atoms with Crippen molar-refractivity contribution in [1.82, 2.24) is 20.0 Å². The number of hydrogen-bond acceptors (Lipinski definition) is 3. The molecule has 1 aromatic heterocycles. The van der Waals surface area contributed by atoms with Crippen LogP contribution in [0.1, 0.15) is 32.8 Å². The highest BCUT2D eigenvalue weighted by molar-refractivity contribution is 5.85. The molecule has 0 saturated carbocycles. The van der Waals surface area contributed by atoms with Gasteiger partial charge in [-0.15, -0.1) is 12.4 Å². The molecule has 0 atom stereocenters. The summed E-state index contributed by atoms with van der Waals surface area (Å²) in [5.41, 5.74) is 0.652. The summed E-state index contributed by atoms with van der Waals surface area (Å²) in [4.78, 5) is 2.39. The van der Waals surface area contributed by atoms with Gasteiger partial charge in [-0.3, -0.25) is 0 Å². The first-order chi connectivity index (χ1) is 8.72. The second-order valence-electron chi connectivity index (χ2n) is 4.33. The second-order valence-corrected chi connectivity index (χ2v) is 4.33. The quantitative estimate of drug-likeness (QED) is 0.709. The Morgan fingerprint density at radius 1 is 1.32 bits per heavy atom. The lowest BCUT2D eigenvalue weighted by molar-refractivity contribution is 0.298. The van der Waals surface area contributed by atoms with Crippen molar-refractivity contribution in [1.29, 1.82) is 0 Å². The van der Waals surface area contributed by atoms with Crippen molar-refractivity contribution in [3.05, 3.63) is 17.7 Å². The summed E-state index contributed by atoms with van der Waals surface area (Å²) in [6, 6.07) is 0. The Kier molecular flexibility index (Phi) is 9.83. The van der Waals surface area contributed by atoms with E-state index in [9.17, 15) is 4.39 Å². The van der Waals surface area contributed by atoms with Crippen molar-refractivity contribution >= 4 is 12.4 Å². The van der Waals surface area contributed by atoms with Crippen molar-refractivity contribution in [3.63, 3.8) is 0 Å². The highest BCUT2D eigenvalue weighted by Gasteiger charge is 2.08. The molecule has 1 N–H and O–H groups in total. The molecule has 1 rings (SSSR count). The highest BCUT2D eigenvalue weighted by Crippen LogP contribution is 2.05. The molecule has 0 radical (unpaired) electrons. The number of nitrogens with zero attached hydrogens (tertiary/aromatic N) is 3. The van der Waals surface area contributed by atoms with E-state index in [1.807, 2.05) is 6.92 Å². The van der Waals surface area contributed by atoms with Crippen LogP contribution in [0.2, 0.25) is 0 Å². The Morgan fingerprint density at radius 2 is 2.00 bits per heavy atom. The van der Waals surface area contributed by atoms with Gasteiger partial charge in [0.2, 0.25) is 5.95 Å². The van der Waals surface area contributed by atoms with Crippen LogP contribution in [0.4, 0.5) is 4.39 Å². The minimum atomic E-state index is -0.214. The molecule has 112 valence electrons. The average molecular weight is 293 g/mol. The standard InChI is InChI=1S/C13H25FN4.ClH/c1-4-17(5-2)9-7-8-15-10-12-11-16-18(6-3)13(12)14;/h11,15H,4-10H2,1-3H3;1H. The molecular weight excluding hydrogens is 267 g/mol. The summed E-state index contributed by atoms with van der Waals surface area (Å²) in [5, 5.41) is 7.24. The van der Waals surface area contributed by atoms with Gasteiger partial charge in [-0.25, -0.2) is 4.68 Å². The first-order valence-corrected chi connectivity index (χ1v) is 6.86. The van der Waals surface area contributed by atoms with Crippen LogP contribution in [0, 0.1) is 5.95 Å². The molecule has 4 nitrogen and oxygen atoms in total.